The topological polar surface area (TPSA) is 66.4 Å². The number of carbonyl (C=O) groups is 2. The molecule has 74 valence electrons. The van der Waals surface area contributed by atoms with Crippen molar-refractivity contribution in [3.05, 3.63) is 29.1 Å². The quantitative estimate of drug-likeness (QED) is 0.720. The molecule has 0 aliphatic rings. The van der Waals surface area contributed by atoms with Gasteiger partial charge in [-0.05, 0) is 18.6 Å². The molecular weight excluding hydrogens is 189 g/mol. The first-order valence-electron chi connectivity index (χ1n) is 3.80. The van der Waals surface area contributed by atoms with Gasteiger partial charge in [0.1, 0.15) is 11.4 Å². The van der Waals surface area contributed by atoms with Gasteiger partial charge < -0.3 is 10.4 Å². The number of aromatic carboxylic acids is 1. The minimum atomic E-state index is -1.41. The summed E-state index contributed by atoms with van der Waals surface area (Å²) in [5.74, 6) is -2.28. The average Bonchev–Trinajstić information content (AvgIpc) is 2.11. The summed E-state index contributed by atoms with van der Waals surface area (Å²) >= 11 is 0. The van der Waals surface area contributed by atoms with Crippen LogP contribution in [-0.2, 0) is 4.79 Å². The van der Waals surface area contributed by atoms with E-state index >= 15 is 0 Å². The number of amides is 1. The Morgan fingerprint density at radius 2 is 2.21 bits per heavy atom. The van der Waals surface area contributed by atoms with Crippen molar-refractivity contribution in [3.63, 3.8) is 0 Å². The first-order valence-corrected chi connectivity index (χ1v) is 3.80. The summed E-state index contributed by atoms with van der Waals surface area (Å²) in [6.07, 6.45) is 0.314. The van der Waals surface area contributed by atoms with Crippen LogP contribution in [0.2, 0.25) is 0 Å². The predicted molar refractivity (Wildman–Crippen MR) is 47.8 cm³/mol. The van der Waals surface area contributed by atoms with Gasteiger partial charge in [0.25, 0.3) is 0 Å². The van der Waals surface area contributed by atoms with Crippen molar-refractivity contribution in [2.75, 3.05) is 5.32 Å². The van der Waals surface area contributed by atoms with E-state index in [4.69, 9.17) is 5.11 Å². The monoisotopic (exact) mass is 197 g/mol. The van der Waals surface area contributed by atoms with Gasteiger partial charge in [0.15, 0.2) is 0 Å². The number of aryl methyl sites for hydroxylation is 1. The number of nitrogens with one attached hydrogen (secondary N) is 1. The molecule has 0 fully saturated rings. The second-order valence-corrected chi connectivity index (χ2v) is 2.68. The van der Waals surface area contributed by atoms with Crippen LogP contribution in [0.25, 0.3) is 0 Å². The molecule has 0 unspecified atom stereocenters. The van der Waals surface area contributed by atoms with Crippen molar-refractivity contribution in [2.24, 2.45) is 0 Å². The van der Waals surface area contributed by atoms with E-state index in [-0.39, 0.29) is 5.69 Å². The lowest BCUT2D eigenvalue weighted by atomic mass is 10.1. The summed E-state index contributed by atoms with van der Waals surface area (Å²) in [6.45, 7) is 1.58. The fourth-order valence-electron chi connectivity index (χ4n) is 1.14. The third-order valence-corrected chi connectivity index (χ3v) is 1.78. The summed E-state index contributed by atoms with van der Waals surface area (Å²) in [7, 11) is 0. The molecule has 1 aromatic carbocycles. The normalized spacial score (nSPS) is 9.57. The molecule has 0 aliphatic carbocycles. The second kappa shape index (κ2) is 3.87. The number of anilines is 1. The molecule has 1 amide bonds. The van der Waals surface area contributed by atoms with Crippen molar-refractivity contribution < 1.29 is 19.1 Å². The van der Waals surface area contributed by atoms with Gasteiger partial charge in [0.2, 0.25) is 6.41 Å². The minimum Gasteiger partial charge on any atom is -0.478 e. The molecule has 4 nitrogen and oxygen atoms in total. The van der Waals surface area contributed by atoms with E-state index in [2.05, 4.69) is 5.32 Å². The second-order valence-electron chi connectivity index (χ2n) is 2.68. The lowest BCUT2D eigenvalue weighted by Crippen LogP contribution is -2.09. The summed E-state index contributed by atoms with van der Waals surface area (Å²) < 4.78 is 13.1. The molecule has 1 aromatic rings. The van der Waals surface area contributed by atoms with Gasteiger partial charge in [0.05, 0.1) is 5.69 Å². The molecule has 1 rings (SSSR count). The highest BCUT2D eigenvalue weighted by molar-refractivity contribution is 5.97. The lowest BCUT2D eigenvalue weighted by molar-refractivity contribution is -0.105. The first kappa shape index (κ1) is 10.2. The van der Waals surface area contributed by atoms with Crippen LogP contribution in [0.1, 0.15) is 15.9 Å². The van der Waals surface area contributed by atoms with Gasteiger partial charge in [-0.25, -0.2) is 9.18 Å². The molecule has 0 aliphatic heterocycles. The zero-order valence-electron chi connectivity index (χ0n) is 7.37. The Balaban J connectivity index is 3.40. The summed E-state index contributed by atoms with van der Waals surface area (Å²) in [5.41, 5.74) is -0.0273. The van der Waals surface area contributed by atoms with Crippen LogP contribution in [0.15, 0.2) is 12.1 Å². The molecule has 2 N–H and O–H groups in total. The van der Waals surface area contributed by atoms with Gasteiger partial charge in [-0.2, -0.15) is 0 Å². The molecule has 0 spiro atoms. The minimum absolute atomic E-state index is 0.00694. The number of carboxylic acid groups (broad SMARTS) is 1. The van der Waals surface area contributed by atoms with Crippen LogP contribution in [0.5, 0.6) is 0 Å². The predicted octanol–water partition coefficient (Wildman–Crippen LogP) is 1.40. The fraction of sp³-hybridized carbons (Fsp3) is 0.111. The van der Waals surface area contributed by atoms with Crippen LogP contribution < -0.4 is 5.32 Å². The van der Waals surface area contributed by atoms with Gasteiger partial charge in [-0.15, -0.1) is 0 Å². The number of carbonyl (C=O) groups excluding carboxylic acids is 1. The van der Waals surface area contributed by atoms with Gasteiger partial charge in [0, 0.05) is 0 Å². The molecule has 14 heavy (non-hydrogen) atoms. The SMILES string of the molecule is Cc1ccc(F)c(C(=O)O)c1NC=O. The van der Waals surface area contributed by atoms with E-state index in [9.17, 15) is 14.0 Å². The number of hydrogen-bond acceptors (Lipinski definition) is 2. The number of hydrogen-bond donors (Lipinski definition) is 2. The van der Waals surface area contributed by atoms with Crippen LogP contribution in [-0.4, -0.2) is 17.5 Å². The van der Waals surface area contributed by atoms with Crippen molar-refractivity contribution >= 4 is 18.1 Å². The highest BCUT2D eigenvalue weighted by Gasteiger charge is 2.17. The van der Waals surface area contributed by atoms with Crippen LogP contribution >= 0.6 is 0 Å². The third-order valence-electron chi connectivity index (χ3n) is 1.78. The molecule has 0 radical (unpaired) electrons. The highest BCUT2D eigenvalue weighted by atomic mass is 19.1. The van der Waals surface area contributed by atoms with E-state index in [1.165, 1.54) is 6.07 Å². The molecule has 0 atom stereocenters. The maximum Gasteiger partial charge on any atom is 0.340 e. The van der Waals surface area contributed by atoms with Gasteiger partial charge in [-0.3, -0.25) is 4.79 Å². The Labute approximate surface area is 79.4 Å². The Kier molecular flexibility index (Phi) is 2.81. The summed E-state index contributed by atoms with van der Waals surface area (Å²) in [5, 5.41) is 10.9. The smallest absolute Gasteiger partial charge is 0.340 e. The van der Waals surface area contributed by atoms with Crippen molar-refractivity contribution in [3.8, 4) is 0 Å². The standard InChI is InChI=1S/C9H8FNO3/c1-5-2-3-6(10)7(9(13)14)8(5)11-4-12/h2-4H,1H3,(H,11,12)(H,13,14). The molecule has 0 heterocycles. The van der Waals surface area contributed by atoms with E-state index in [1.807, 2.05) is 0 Å². The Morgan fingerprint density at radius 3 is 2.71 bits per heavy atom. The third kappa shape index (κ3) is 1.71. The fourth-order valence-corrected chi connectivity index (χ4v) is 1.14. The van der Waals surface area contributed by atoms with Crippen molar-refractivity contribution in [1.82, 2.24) is 0 Å². The maximum absolute atomic E-state index is 13.1. The van der Waals surface area contributed by atoms with E-state index in [0.29, 0.717) is 12.0 Å². The van der Waals surface area contributed by atoms with Crippen molar-refractivity contribution in [1.29, 1.82) is 0 Å². The average molecular weight is 197 g/mol. The van der Waals surface area contributed by atoms with Crippen LogP contribution in [0.3, 0.4) is 0 Å². The Bertz CT molecular complexity index is 390. The van der Waals surface area contributed by atoms with Crippen LogP contribution in [0.4, 0.5) is 10.1 Å². The van der Waals surface area contributed by atoms with Gasteiger partial charge in [-0.1, -0.05) is 6.07 Å². The Hall–Kier alpha value is -1.91. The molecule has 0 saturated heterocycles. The zero-order valence-corrected chi connectivity index (χ0v) is 7.37. The molecule has 0 aromatic heterocycles. The van der Waals surface area contributed by atoms with E-state index < -0.39 is 17.3 Å². The number of benzene rings is 1. The molecule has 0 saturated carbocycles. The number of rotatable bonds is 3. The molecule has 0 bridgehead atoms. The largest absolute Gasteiger partial charge is 0.478 e. The first-order chi connectivity index (χ1) is 6.57. The van der Waals surface area contributed by atoms with Crippen molar-refractivity contribution in [2.45, 2.75) is 6.92 Å². The lowest BCUT2D eigenvalue weighted by Gasteiger charge is -2.08. The molecule has 5 heteroatoms. The van der Waals surface area contributed by atoms with E-state index in [0.717, 1.165) is 6.07 Å². The van der Waals surface area contributed by atoms with Crippen LogP contribution in [0, 0.1) is 12.7 Å². The Morgan fingerprint density at radius 1 is 1.57 bits per heavy atom. The summed E-state index contributed by atoms with van der Waals surface area (Å²) in [4.78, 5) is 20.9. The number of halogens is 1. The summed E-state index contributed by atoms with van der Waals surface area (Å²) in [6, 6.07) is 2.45. The highest BCUT2D eigenvalue weighted by Crippen LogP contribution is 2.22. The molecular formula is C9H8FNO3. The zero-order chi connectivity index (χ0) is 10.7. The van der Waals surface area contributed by atoms with Gasteiger partial charge >= 0.3 is 5.97 Å². The maximum atomic E-state index is 13.1. The van der Waals surface area contributed by atoms with E-state index in [1.54, 1.807) is 6.92 Å². The number of carboxylic acids is 1.